The Balaban J connectivity index is 1.89. The lowest BCUT2D eigenvalue weighted by Gasteiger charge is -2.49. The number of nitrogens with one attached hydrogen (secondary N) is 1. The summed E-state index contributed by atoms with van der Waals surface area (Å²) in [6.07, 6.45) is 4.69. The van der Waals surface area contributed by atoms with Gasteiger partial charge in [0.05, 0.1) is 17.7 Å². The van der Waals surface area contributed by atoms with Crippen molar-refractivity contribution in [3.05, 3.63) is 52.5 Å². The summed E-state index contributed by atoms with van der Waals surface area (Å²) < 4.78 is 0. The van der Waals surface area contributed by atoms with Crippen molar-refractivity contribution in [1.82, 2.24) is 15.2 Å². The molecule has 1 saturated heterocycles. The first-order valence-electron chi connectivity index (χ1n) is 9.84. The molecule has 0 aromatic carbocycles. The van der Waals surface area contributed by atoms with Crippen molar-refractivity contribution in [3.63, 3.8) is 0 Å². The third kappa shape index (κ3) is 5.19. The first-order valence-corrected chi connectivity index (χ1v) is 10.7. The monoisotopic (exact) mass is 401 g/mol. The Hall–Kier alpha value is -1.76. The van der Waals surface area contributed by atoms with Gasteiger partial charge < -0.3 is 10.4 Å². The molecule has 0 bridgehead atoms. The molecule has 3 rings (SSSR count). The molecule has 0 unspecified atom stereocenters. The third-order valence-corrected chi connectivity index (χ3v) is 6.18. The van der Waals surface area contributed by atoms with Crippen molar-refractivity contribution in [2.75, 3.05) is 6.54 Å². The van der Waals surface area contributed by atoms with Gasteiger partial charge in [-0.25, -0.2) is 0 Å². The quantitative estimate of drug-likeness (QED) is 0.801. The summed E-state index contributed by atoms with van der Waals surface area (Å²) in [5, 5.41) is 16.4. The van der Waals surface area contributed by atoms with E-state index in [1.165, 1.54) is 0 Å². The lowest BCUT2D eigenvalue weighted by molar-refractivity contribution is -0.130. The minimum absolute atomic E-state index is 0.0115. The fourth-order valence-electron chi connectivity index (χ4n) is 3.86. The van der Waals surface area contributed by atoms with E-state index in [1.807, 2.05) is 25.3 Å². The van der Waals surface area contributed by atoms with Crippen LogP contribution in [-0.2, 0) is 11.3 Å². The molecule has 6 heteroatoms. The normalized spacial score (nSPS) is 26.2. The summed E-state index contributed by atoms with van der Waals surface area (Å²) in [5.41, 5.74) is 0.0665. The molecule has 3 heterocycles. The van der Waals surface area contributed by atoms with Crippen LogP contribution >= 0.6 is 11.3 Å². The molecule has 28 heavy (non-hydrogen) atoms. The average Bonchev–Trinajstić information content (AvgIpc) is 3.11. The van der Waals surface area contributed by atoms with Crippen molar-refractivity contribution in [2.45, 2.75) is 64.8 Å². The number of hydrogen-bond acceptors (Lipinski definition) is 5. The second-order valence-electron chi connectivity index (χ2n) is 9.18. The zero-order valence-corrected chi connectivity index (χ0v) is 18.0. The Labute approximate surface area is 171 Å². The molecule has 0 spiro atoms. The van der Waals surface area contributed by atoms with Crippen LogP contribution in [0.2, 0.25) is 0 Å². The molecule has 1 aliphatic heterocycles. The summed E-state index contributed by atoms with van der Waals surface area (Å²) in [6, 6.07) is 7.69. The second-order valence-corrected chi connectivity index (χ2v) is 10.2. The maximum atomic E-state index is 12.7. The smallest absolute Gasteiger partial charge is 0.220 e. The van der Waals surface area contributed by atoms with Crippen LogP contribution in [0.5, 0.6) is 0 Å². The van der Waals surface area contributed by atoms with Crippen LogP contribution in [0.15, 0.2) is 42.0 Å². The molecule has 3 atom stereocenters. The zero-order chi connectivity index (χ0) is 20.4. The van der Waals surface area contributed by atoms with Crippen molar-refractivity contribution < 1.29 is 9.90 Å². The molecular weight excluding hydrogens is 370 g/mol. The number of pyridine rings is 1. The molecule has 2 N–H and O–H groups in total. The van der Waals surface area contributed by atoms with Gasteiger partial charge in [-0.1, -0.05) is 32.9 Å². The highest BCUT2D eigenvalue weighted by atomic mass is 32.1. The van der Waals surface area contributed by atoms with Gasteiger partial charge in [-0.2, -0.15) is 0 Å². The van der Waals surface area contributed by atoms with E-state index in [1.54, 1.807) is 17.5 Å². The lowest BCUT2D eigenvalue weighted by atomic mass is 9.81. The van der Waals surface area contributed by atoms with Crippen LogP contribution < -0.4 is 5.32 Å². The standard InChI is InChI=1S/C22H31N3O2S/c1-21(2,3)13-18(26)24-20-19(17-8-6-12-28-17)25(11-9-22(20,4)27)15-16-7-5-10-23-14-16/h5-8,10,12,14,19-20,27H,9,11,13,15H2,1-4H3,(H,24,26)/t19-,20-,22+/m0/s1. The fourth-order valence-corrected chi connectivity index (χ4v) is 4.76. The van der Waals surface area contributed by atoms with Crippen LogP contribution in [0.4, 0.5) is 0 Å². The number of nitrogens with zero attached hydrogens (tertiary/aromatic N) is 2. The molecule has 1 fully saturated rings. The Bertz CT molecular complexity index is 769. The van der Waals surface area contributed by atoms with Gasteiger partial charge in [-0.05, 0) is 41.8 Å². The van der Waals surface area contributed by atoms with E-state index < -0.39 is 5.60 Å². The second kappa shape index (κ2) is 8.31. The molecule has 2 aromatic heterocycles. The van der Waals surface area contributed by atoms with E-state index >= 15 is 0 Å². The van der Waals surface area contributed by atoms with E-state index in [-0.39, 0.29) is 23.4 Å². The summed E-state index contributed by atoms with van der Waals surface area (Å²) >= 11 is 1.67. The minimum atomic E-state index is -0.965. The van der Waals surface area contributed by atoms with Gasteiger partial charge in [0.2, 0.25) is 5.91 Å². The summed E-state index contributed by atoms with van der Waals surface area (Å²) in [5.74, 6) is -0.0115. The highest BCUT2D eigenvalue weighted by molar-refractivity contribution is 7.10. The van der Waals surface area contributed by atoms with Crippen molar-refractivity contribution in [3.8, 4) is 0 Å². The van der Waals surface area contributed by atoms with Crippen LogP contribution in [-0.4, -0.2) is 39.1 Å². The summed E-state index contributed by atoms with van der Waals surface area (Å²) in [4.78, 5) is 20.5. The Morgan fingerprint density at radius 1 is 1.39 bits per heavy atom. The van der Waals surface area contributed by atoms with Gasteiger partial charge >= 0.3 is 0 Å². The van der Waals surface area contributed by atoms with Crippen molar-refractivity contribution >= 4 is 17.2 Å². The number of likely N-dealkylation sites (tertiary alicyclic amines) is 1. The average molecular weight is 402 g/mol. The predicted octanol–water partition coefficient (Wildman–Crippen LogP) is 3.76. The summed E-state index contributed by atoms with van der Waals surface area (Å²) in [7, 11) is 0. The Morgan fingerprint density at radius 3 is 2.79 bits per heavy atom. The molecule has 1 aliphatic rings. The SMILES string of the molecule is CC(C)(C)CC(=O)N[C@H]1[C@H](c2cccs2)N(Cc2cccnc2)CC[C@@]1(C)O. The molecule has 0 radical (unpaired) electrons. The number of hydrogen-bond donors (Lipinski definition) is 2. The lowest BCUT2D eigenvalue weighted by Crippen LogP contribution is -2.62. The van der Waals surface area contributed by atoms with Crippen LogP contribution in [0.25, 0.3) is 0 Å². The number of carbonyl (C=O) groups is 1. The Kier molecular flexibility index (Phi) is 6.22. The molecule has 0 saturated carbocycles. The van der Waals surface area contributed by atoms with Gasteiger partial charge in [0.25, 0.3) is 0 Å². The number of thiophene rings is 1. The van der Waals surface area contributed by atoms with E-state index in [2.05, 4.69) is 53.5 Å². The van der Waals surface area contributed by atoms with E-state index in [0.717, 1.165) is 23.5 Å². The topological polar surface area (TPSA) is 65.5 Å². The van der Waals surface area contributed by atoms with Gasteiger partial charge in [0.1, 0.15) is 0 Å². The molecule has 2 aromatic rings. The highest BCUT2D eigenvalue weighted by Crippen LogP contribution is 2.39. The largest absolute Gasteiger partial charge is 0.388 e. The predicted molar refractivity (Wildman–Crippen MR) is 113 cm³/mol. The Morgan fingerprint density at radius 2 is 2.18 bits per heavy atom. The number of piperidine rings is 1. The van der Waals surface area contributed by atoms with E-state index in [9.17, 15) is 9.90 Å². The maximum Gasteiger partial charge on any atom is 0.220 e. The van der Waals surface area contributed by atoms with Crippen LogP contribution in [0.3, 0.4) is 0 Å². The van der Waals surface area contributed by atoms with Gasteiger partial charge in [-0.15, -0.1) is 11.3 Å². The number of amides is 1. The summed E-state index contributed by atoms with van der Waals surface area (Å²) in [6.45, 7) is 9.50. The zero-order valence-electron chi connectivity index (χ0n) is 17.2. The van der Waals surface area contributed by atoms with Crippen molar-refractivity contribution in [2.24, 2.45) is 5.41 Å². The molecular formula is C22H31N3O2S. The number of aromatic nitrogens is 1. The van der Waals surface area contributed by atoms with Gasteiger partial charge in [0.15, 0.2) is 0 Å². The first-order chi connectivity index (χ1) is 13.2. The first kappa shape index (κ1) is 21.0. The van der Waals surface area contributed by atoms with Crippen molar-refractivity contribution in [1.29, 1.82) is 0 Å². The molecule has 5 nitrogen and oxygen atoms in total. The molecule has 152 valence electrons. The third-order valence-electron chi connectivity index (χ3n) is 5.23. The molecule has 1 amide bonds. The number of rotatable bonds is 5. The van der Waals surface area contributed by atoms with Gasteiger partial charge in [-0.3, -0.25) is 14.7 Å². The maximum absolute atomic E-state index is 12.7. The highest BCUT2D eigenvalue weighted by Gasteiger charge is 2.46. The van der Waals surface area contributed by atoms with Crippen LogP contribution in [0.1, 0.15) is 57.0 Å². The van der Waals surface area contributed by atoms with E-state index in [0.29, 0.717) is 12.8 Å². The minimum Gasteiger partial charge on any atom is -0.388 e. The van der Waals surface area contributed by atoms with Gasteiger partial charge in [0, 0.05) is 36.8 Å². The number of carbonyl (C=O) groups excluding carboxylic acids is 1. The van der Waals surface area contributed by atoms with Crippen LogP contribution in [0, 0.1) is 5.41 Å². The molecule has 0 aliphatic carbocycles. The van der Waals surface area contributed by atoms with E-state index in [4.69, 9.17) is 0 Å². The number of aliphatic hydroxyl groups is 1. The fraction of sp³-hybridized carbons (Fsp3) is 0.545.